The van der Waals surface area contributed by atoms with Crippen LogP contribution in [0, 0.1) is 5.92 Å². The summed E-state index contributed by atoms with van der Waals surface area (Å²) in [6.45, 7) is 8.27. The lowest BCUT2D eigenvalue weighted by molar-refractivity contribution is -0.123. The highest BCUT2D eigenvalue weighted by atomic mass is 16.1. The molecule has 5 nitrogen and oxygen atoms in total. The number of hydrogen-bond acceptors (Lipinski definition) is 3. The summed E-state index contributed by atoms with van der Waals surface area (Å²) in [7, 11) is 0. The van der Waals surface area contributed by atoms with Gasteiger partial charge in [-0.2, -0.15) is 0 Å². The average molecular weight is 381 g/mol. The predicted molar refractivity (Wildman–Crippen MR) is 115 cm³/mol. The second-order valence-corrected chi connectivity index (χ2v) is 7.67. The minimum absolute atomic E-state index is 0.0618. The molecule has 0 bridgehead atoms. The highest BCUT2D eigenvalue weighted by Gasteiger charge is 2.22. The summed E-state index contributed by atoms with van der Waals surface area (Å²) in [5.41, 5.74) is 10.2. The fourth-order valence-corrected chi connectivity index (χ4v) is 4.08. The molecule has 1 aromatic carbocycles. The Kier molecular flexibility index (Phi) is 7.04. The number of benzene rings is 1. The van der Waals surface area contributed by atoms with Gasteiger partial charge in [0.15, 0.2) is 0 Å². The van der Waals surface area contributed by atoms with Crippen molar-refractivity contribution in [2.24, 2.45) is 11.7 Å². The first-order valence-electron chi connectivity index (χ1n) is 10.4. The second-order valence-electron chi connectivity index (χ2n) is 7.67. The van der Waals surface area contributed by atoms with Crippen LogP contribution in [-0.2, 0) is 11.3 Å². The van der Waals surface area contributed by atoms with Gasteiger partial charge in [0.05, 0.1) is 17.7 Å². The standard InChI is InChI=1S/C23H32N4O/c1-3-8-18(2)22-21(19-9-5-4-6-10-19)25-17-27(22)14-7-13-26-15-11-20(12-16-26)23(24)28/h4-6,8-10,17,20H,3,7,11-16H2,1-2H3,(H2,24,28). The first-order valence-corrected chi connectivity index (χ1v) is 10.4. The molecule has 1 fully saturated rings. The van der Waals surface area contributed by atoms with Crippen LogP contribution >= 0.6 is 0 Å². The van der Waals surface area contributed by atoms with E-state index in [9.17, 15) is 4.79 Å². The number of nitrogens with two attached hydrogens (primary N) is 1. The minimum Gasteiger partial charge on any atom is -0.369 e. The van der Waals surface area contributed by atoms with Gasteiger partial charge < -0.3 is 15.2 Å². The number of allylic oxidation sites excluding steroid dienone is 2. The maximum atomic E-state index is 11.3. The fraction of sp³-hybridized carbons (Fsp3) is 0.478. The van der Waals surface area contributed by atoms with Crippen LogP contribution in [0.5, 0.6) is 0 Å². The van der Waals surface area contributed by atoms with E-state index in [0.717, 1.165) is 63.1 Å². The van der Waals surface area contributed by atoms with Gasteiger partial charge in [-0.15, -0.1) is 0 Å². The third-order valence-electron chi connectivity index (χ3n) is 5.63. The summed E-state index contributed by atoms with van der Waals surface area (Å²) in [5, 5.41) is 0. The number of nitrogens with zero attached hydrogens (tertiary/aromatic N) is 3. The molecule has 0 saturated carbocycles. The first kappa shape index (κ1) is 20.3. The van der Waals surface area contributed by atoms with Gasteiger partial charge in [-0.25, -0.2) is 4.98 Å². The van der Waals surface area contributed by atoms with Crippen LogP contribution in [0.2, 0.25) is 0 Å². The van der Waals surface area contributed by atoms with Crippen molar-refractivity contribution in [3.05, 3.63) is 48.4 Å². The lowest BCUT2D eigenvalue weighted by Gasteiger charge is -2.30. The number of amides is 1. The summed E-state index contributed by atoms with van der Waals surface area (Å²) in [6, 6.07) is 10.4. The largest absolute Gasteiger partial charge is 0.369 e. The third kappa shape index (κ3) is 4.90. The van der Waals surface area contributed by atoms with E-state index in [1.165, 1.54) is 11.3 Å². The second kappa shape index (κ2) is 9.69. The molecule has 0 spiro atoms. The fourth-order valence-electron chi connectivity index (χ4n) is 4.08. The van der Waals surface area contributed by atoms with Crippen molar-refractivity contribution >= 4 is 11.5 Å². The van der Waals surface area contributed by atoms with Crippen molar-refractivity contribution in [3.63, 3.8) is 0 Å². The van der Waals surface area contributed by atoms with Crippen molar-refractivity contribution < 1.29 is 4.79 Å². The molecule has 1 amide bonds. The van der Waals surface area contributed by atoms with Crippen LogP contribution in [-0.4, -0.2) is 40.0 Å². The molecule has 1 aliphatic heterocycles. The van der Waals surface area contributed by atoms with Crippen LogP contribution in [0.4, 0.5) is 0 Å². The number of hydrogen-bond donors (Lipinski definition) is 1. The Balaban J connectivity index is 1.66. The number of carbonyl (C=O) groups is 1. The Labute approximate surface area is 168 Å². The van der Waals surface area contributed by atoms with Gasteiger partial charge in [-0.05, 0) is 57.8 Å². The van der Waals surface area contributed by atoms with E-state index in [0.29, 0.717) is 0 Å². The van der Waals surface area contributed by atoms with Gasteiger partial charge >= 0.3 is 0 Å². The van der Waals surface area contributed by atoms with Crippen molar-refractivity contribution in [1.82, 2.24) is 14.5 Å². The molecule has 1 aromatic heterocycles. The summed E-state index contributed by atoms with van der Waals surface area (Å²) in [6.07, 6.45) is 8.11. The Hall–Kier alpha value is -2.40. The number of rotatable bonds is 8. The highest BCUT2D eigenvalue weighted by Crippen LogP contribution is 2.28. The van der Waals surface area contributed by atoms with E-state index >= 15 is 0 Å². The number of imidazole rings is 1. The predicted octanol–water partition coefficient (Wildman–Crippen LogP) is 3.95. The van der Waals surface area contributed by atoms with Gasteiger partial charge in [0.2, 0.25) is 5.91 Å². The van der Waals surface area contributed by atoms with Gasteiger partial charge in [0.25, 0.3) is 0 Å². The minimum atomic E-state index is -0.144. The van der Waals surface area contributed by atoms with Gasteiger partial charge in [-0.1, -0.05) is 43.3 Å². The number of likely N-dealkylation sites (tertiary alicyclic amines) is 1. The Morgan fingerprint density at radius 2 is 1.93 bits per heavy atom. The number of piperidine rings is 1. The zero-order valence-electron chi connectivity index (χ0n) is 17.1. The van der Waals surface area contributed by atoms with Crippen molar-refractivity contribution in [2.75, 3.05) is 19.6 Å². The maximum Gasteiger partial charge on any atom is 0.220 e. The maximum absolute atomic E-state index is 11.3. The Morgan fingerprint density at radius 3 is 2.57 bits per heavy atom. The molecule has 0 unspecified atom stereocenters. The third-order valence-corrected chi connectivity index (χ3v) is 5.63. The van der Waals surface area contributed by atoms with Crippen LogP contribution in [0.3, 0.4) is 0 Å². The van der Waals surface area contributed by atoms with Crippen molar-refractivity contribution in [3.8, 4) is 11.3 Å². The molecule has 5 heteroatoms. The number of carbonyl (C=O) groups excluding carboxylic acids is 1. The molecule has 0 aliphatic carbocycles. The summed E-state index contributed by atoms with van der Waals surface area (Å²) in [5.74, 6) is -0.0823. The monoisotopic (exact) mass is 380 g/mol. The first-order chi connectivity index (χ1) is 13.6. The zero-order valence-corrected chi connectivity index (χ0v) is 17.1. The van der Waals surface area contributed by atoms with Crippen LogP contribution < -0.4 is 5.73 Å². The van der Waals surface area contributed by atoms with Gasteiger partial charge in [0.1, 0.15) is 0 Å². The molecule has 2 N–H and O–H groups in total. The number of aromatic nitrogens is 2. The van der Waals surface area contributed by atoms with E-state index in [2.05, 4.69) is 53.7 Å². The van der Waals surface area contributed by atoms with Crippen molar-refractivity contribution in [1.29, 1.82) is 0 Å². The summed E-state index contributed by atoms with van der Waals surface area (Å²) >= 11 is 0. The average Bonchev–Trinajstić information content (AvgIpc) is 3.13. The molecule has 3 rings (SSSR count). The van der Waals surface area contributed by atoms with E-state index < -0.39 is 0 Å². The zero-order chi connectivity index (χ0) is 19.9. The van der Waals surface area contributed by atoms with Gasteiger partial charge in [-0.3, -0.25) is 4.79 Å². The highest BCUT2D eigenvalue weighted by molar-refractivity contribution is 5.77. The molecule has 0 atom stereocenters. The van der Waals surface area contributed by atoms with E-state index in [1.54, 1.807) is 0 Å². The lowest BCUT2D eigenvalue weighted by Crippen LogP contribution is -2.39. The molecule has 2 heterocycles. The molecule has 150 valence electrons. The topological polar surface area (TPSA) is 64.2 Å². The molecule has 1 saturated heterocycles. The summed E-state index contributed by atoms with van der Waals surface area (Å²) < 4.78 is 2.29. The quantitative estimate of drug-likeness (QED) is 0.754. The Morgan fingerprint density at radius 1 is 1.21 bits per heavy atom. The molecular formula is C23H32N4O. The molecule has 2 aromatic rings. The van der Waals surface area contributed by atoms with Crippen molar-refractivity contribution in [2.45, 2.75) is 46.1 Å². The number of primary amides is 1. The van der Waals surface area contributed by atoms with Crippen LogP contribution in [0.1, 0.15) is 45.2 Å². The number of aryl methyl sites for hydroxylation is 1. The Bertz CT molecular complexity index is 801. The normalized spacial score (nSPS) is 16.4. The smallest absolute Gasteiger partial charge is 0.220 e. The van der Waals surface area contributed by atoms with Crippen LogP contribution in [0.25, 0.3) is 16.8 Å². The van der Waals surface area contributed by atoms with E-state index in [-0.39, 0.29) is 11.8 Å². The molecular weight excluding hydrogens is 348 g/mol. The van der Waals surface area contributed by atoms with E-state index in [4.69, 9.17) is 10.7 Å². The van der Waals surface area contributed by atoms with E-state index in [1.807, 2.05) is 12.4 Å². The molecule has 28 heavy (non-hydrogen) atoms. The molecule has 0 radical (unpaired) electrons. The lowest BCUT2D eigenvalue weighted by atomic mass is 9.96. The molecule has 1 aliphatic rings. The summed E-state index contributed by atoms with van der Waals surface area (Å²) in [4.78, 5) is 18.5. The van der Waals surface area contributed by atoms with Crippen LogP contribution in [0.15, 0.2) is 42.7 Å². The SMILES string of the molecule is CCC=C(C)c1c(-c2ccccc2)ncn1CCCN1CCC(C(N)=O)CC1. The van der Waals surface area contributed by atoms with Gasteiger partial charge in [0, 0.05) is 18.0 Å².